The molecule has 7 heteroatoms. The minimum Gasteiger partial charge on any atom is -0.338 e. The topological polar surface area (TPSA) is 41.4 Å². The van der Waals surface area contributed by atoms with Gasteiger partial charge in [-0.1, -0.05) is 12.1 Å². The molecule has 5 nitrogen and oxygen atoms in total. The normalized spacial score (nSPS) is 17.0. The second-order valence-electron chi connectivity index (χ2n) is 6.05. The Morgan fingerprint density at radius 2 is 2.08 bits per heavy atom. The van der Waals surface area contributed by atoms with E-state index in [0.29, 0.717) is 19.6 Å². The number of piperazine rings is 1. The van der Waals surface area contributed by atoms with Crippen LogP contribution in [0.4, 0.5) is 4.39 Å². The third kappa shape index (κ3) is 4.02. The largest absolute Gasteiger partial charge is 0.338 e. The summed E-state index contributed by atoms with van der Waals surface area (Å²) in [5, 5.41) is 4.19. The first kappa shape index (κ1) is 17.1. The highest BCUT2D eigenvalue weighted by atomic mass is 79.9. The van der Waals surface area contributed by atoms with Crippen LogP contribution in [-0.2, 0) is 11.3 Å². The summed E-state index contributed by atoms with van der Waals surface area (Å²) in [4.78, 5) is 16.7. The predicted octanol–water partition coefficient (Wildman–Crippen LogP) is 2.69. The van der Waals surface area contributed by atoms with E-state index in [1.165, 1.54) is 6.07 Å². The van der Waals surface area contributed by atoms with E-state index >= 15 is 0 Å². The Morgan fingerprint density at radius 3 is 2.71 bits per heavy atom. The van der Waals surface area contributed by atoms with Gasteiger partial charge in [-0.15, -0.1) is 0 Å². The van der Waals surface area contributed by atoms with Crippen LogP contribution >= 0.6 is 15.9 Å². The average molecular weight is 395 g/mol. The molecule has 0 aliphatic carbocycles. The molecule has 0 radical (unpaired) electrons. The van der Waals surface area contributed by atoms with Crippen molar-refractivity contribution in [3.8, 4) is 0 Å². The molecule has 1 unspecified atom stereocenters. The summed E-state index contributed by atoms with van der Waals surface area (Å²) in [6, 6.07) is 6.36. The predicted molar refractivity (Wildman–Crippen MR) is 92.9 cm³/mol. The van der Waals surface area contributed by atoms with Crippen molar-refractivity contribution in [3.05, 3.63) is 52.5 Å². The van der Waals surface area contributed by atoms with Crippen molar-refractivity contribution < 1.29 is 9.18 Å². The molecule has 128 valence electrons. The second kappa shape index (κ2) is 7.44. The van der Waals surface area contributed by atoms with Gasteiger partial charge in [0, 0.05) is 38.9 Å². The van der Waals surface area contributed by atoms with Crippen LogP contribution in [0.25, 0.3) is 0 Å². The number of rotatable bonds is 4. The van der Waals surface area contributed by atoms with Crippen molar-refractivity contribution in [3.63, 3.8) is 0 Å². The molecular formula is C17H20BrFN4O. The molecule has 2 aromatic rings. The third-order valence-corrected chi connectivity index (χ3v) is 4.71. The molecule has 0 saturated carbocycles. The highest BCUT2D eigenvalue weighted by molar-refractivity contribution is 9.10. The number of carbonyl (C=O) groups excluding carboxylic acids is 1. The van der Waals surface area contributed by atoms with E-state index in [0.717, 1.165) is 23.1 Å². The van der Waals surface area contributed by atoms with Gasteiger partial charge in [-0.3, -0.25) is 14.4 Å². The maximum Gasteiger partial charge on any atom is 0.247 e. The first-order valence-electron chi connectivity index (χ1n) is 7.98. The lowest BCUT2D eigenvalue weighted by Crippen LogP contribution is -2.49. The fourth-order valence-electron chi connectivity index (χ4n) is 2.92. The van der Waals surface area contributed by atoms with Gasteiger partial charge < -0.3 is 4.90 Å². The van der Waals surface area contributed by atoms with Crippen LogP contribution in [0.15, 0.2) is 41.1 Å². The fraction of sp³-hybridized carbons (Fsp3) is 0.412. The van der Waals surface area contributed by atoms with Gasteiger partial charge in [-0.05, 0) is 40.5 Å². The molecule has 3 rings (SSSR count). The SMILES string of the molecule is CC(C(=O)N1CCN(Cc2cccc(F)c2)CC1)n1cc(Br)cn1. The molecule has 24 heavy (non-hydrogen) atoms. The zero-order valence-electron chi connectivity index (χ0n) is 13.5. The number of hydrogen-bond acceptors (Lipinski definition) is 3. The van der Waals surface area contributed by atoms with E-state index in [1.807, 2.05) is 24.1 Å². The lowest BCUT2D eigenvalue weighted by atomic mass is 10.2. The molecule has 2 heterocycles. The van der Waals surface area contributed by atoms with Gasteiger partial charge in [0.25, 0.3) is 0 Å². The maximum absolute atomic E-state index is 13.3. The number of nitrogens with zero attached hydrogens (tertiary/aromatic N) is 4. The Hall–Kier alpha value is -1.73. The van der Waals surface area contributed by atoms with E-state index in [4.69, 9.17) is 0 Å². The summed E-state index contributed by atoms with van der Waals surface area (Å²) in [5.74, 6) is -0.128. The molecule has 1 saturated heterocycles. The van der Waals surface area contributed by atoms with E-state index in [9.17, 15) is 9.18 Å². The molecule has 1 atom stereocenters. The summed E-state index contributed by atoms with van der Waals surface area (Å²) in [6.07, 6.45) is 3.49. The first-order valence-corrected chi connectivity index (χ1v) is 8.77. The third-order valence-electron chi connectivity index (χ3n) is 4.30. The van der Waals surface area contributed by atoms with Crippen molar-refractivity contribution >= 4 is 21.8 Å². The van der Waals surface area contributed by atoms with Crippen LogP contribution in [0.3, 0.4) is 0 Å². The van der Waals surface area contributed by atoms with Crippen molar-refractivity contribution in [2.45, 2.75) is 19.5 Å². The monoisotopic (exact) mass is 394 g/mol. The van der Waals surface area contributed by atoms with Gasteiger partial charge in [0.1, 0.15) is 11.9 Å². The van der Waals surface area contributed by atoms with Crippen molar-refractivity contribution in [2.24, 2.45) is 0 Å². The van der Waals surface area contributed by atoms with E-state index in [-0.39, 0.29) is 17.8 Å². The van der Waals surface area contributed by atoms with E-state index in [1.54, 1.807) is 23.0 Å². The molecule has 1 aromatic heterocycles. The highest BCUT2D eigenvalue weighted by Gasteiger charge is 2.26. The lowest BCUT2D eigenvalue weighted by molar-refractivity contribution is -0.136. The van der Waals surface area contributed by atoms with E-state index in [2.05, 4.69) is 25.9 Å². The van der Waals surface area contributed by atoms with Crippen molar-refractivity contribution in [1.29, 1.82) is 0 Å². The van der Waals surface area contributed by atoms with Gasteiger partial charge in [0.2, 0.25) is 5.91 Å². The van der Waals surface area contributed by atoms with Gasteiger partial charge in [0.15, 0.2) is 0 Å². The molecule has 1 aromatic carbocycles. The molecule has 0 N–H and O–H groups in total. The first-order chi connectivity index (χ1) is 11.5. The van der Waals surface area contributed by atoms with Gasteiger partial charge >= 0.3 is 0 Å². The molecular weight excluding hydrogens is 375 g/mol. The van der Waals surface area contributed by atoms with Crippen LogP contribution in [0.2, 0.25) is 0 Å². The molecule has 1 fully saturated rings. The standard InChI is InChI=1S/C17H20BrFN4O/c1-13(23-12-15(18)10-20-23)17(24)22-7-5-21(6-8-22)11-14-3-2-4-16(19)9-14/h2-4,9-10,12-13H,5-8,11H2,1H3. The van der Waals surface area contributed by atoms with Gasteiger partial charge in [-0.2, -0.15) is 5.10 Å². The molecule has 1 aliphatic heterocycles. The number of halogens is 2. The van der Waals surface area contributed by atoms with Crippen LogP contribution in [0, 0.1) is 5.82 Å². The zero-order chi connectivity index (χ0) is 17.1. The van der Waals surface area contributed by atoms with Crippen LogP contribution in [0.1, 0.15) is 18.5 Å². The maximum atomic E-state index is 13.3. The van der Waals surface area contributed by atoms with Crippen LogP contribution < -0.4 is 0 Å². The van der Waals surface area contributed by atoms with Gasteiger partial charge in [0.05, 0.1) is 10.7 Å². The molecule has 0 spiro atoms. The number of hydrogen-bond donors (Lipinski definition) is 0. The molecule has 0 bridgehead atoms. The smallest absolute Gasteiger partial charge is 0.247 e. The van der Waals surface area contributed by atoms with Crippen LogP contribution in [0.5, 0.6) is 0 Å². The summed E-state index contributed by atoms with van der Waals surface area (Å²) >= 11 is 3.35. The summed E-state index contributed by atoms with van der Waals surface area (Å²) in [6.45, 7) is 5.51. The van der Waals surface area contributed by atoms with Crippen LogP contribution in [-0.4, -0.2) is 51.7 Å². The Bertz CT molecular complexity index is 712. The number of benzene rings is 1. The molecule has 1 amide bonds. The Labute approximate surface area is 149 Å². The molecule has 1 aliphatic rings. The number of amides is 1. The Kier molecular flexibility index (Phi) is 5.30. The van der Waals surface area contributed by atoms with E-state index < -0.39 is 0 Å². The Balaban J connectivity index is 1.53. The average Bonchev–Trinajstić information content (AvgIpc) is 3.01. The zero-order valence-corrected chi connectivity index (χ0v) is 15.1. The van der Waals surface area contributed by atoms with Gasteiger partial charge in [-0.25, -0.2) is 4.39 Å². The minimum absolute atomic E-state index is 0.0796. The highest BCUT2D eigenvalue weighted by Crippen LogP contribution is 2.16. The van der Waals surface area contributed by atoms with Crippen molar-refractivity contribution in [2.75, 3.05) is 26.2 Å². The summed E-state index contributed by atoms with van der Waals surface area (Å²) in [7, 11) is 0. The summed E-state index contributed by atoms with van der Waals surface area (Å²) < 4.78 is 15.8. The fourth-order valence-corrected chi connectivity index (χ4v) is 3.23. The van der Waals surface area contributed by atoms with Crippen molar-refractivity contribution in [1.82, 2.24) is 19.6 Å². The Morgan fingerprint density at radius 1 is 1.33 bits per heavy atom. The number of aromatic nitrogens is 2. The minimum atomic E-state index is -0.314. The quantitative estimate of drug-likeness (QED) is 0.800. The number of carbonyl (C=O) groups is 1. The lowest BCUT2D eigenvalue weighted by Gasteiger charge is -2.36. The summed E-state index contributed by atoms with van der Waals surface area (Å²) in [5.41, 5.74) is 0.963. The second-order valence-corrected chi connectivity index (χ2v) is 6.96.